The van der Waals surface area contributed by atoms with E-state index in [1.807, 2.05) is 24.3 Å². The number of aliphatic hydroxyl groups is 1. The lowest BCUT2D eigenvalue weighted by atomic mass is 9.68. The maximum Gasteiger partial charge on any atom is 0.231 e. The first-order chi connectivity index (χ1) is 9.11. The second kappa shape index (κ2) is 5.61. The van der Waals surface area contributed by atoms with E-state index in [9.17, 15) is 9.90 Å². The van der Waals surface area contributed by atoms with Crippen LogP contribution < -0.4 is 4.74 Å². The summed E-state index contributed by atoms with van der Waals surface area (Å²) < 4.78 is 5.17. The number of nitrogens with zero attached hydrogens (tertiary/aromatic N) is 1. The Balaban J connectivity index is 2.03. The Kier molecular flexibility index (Phi) is 4.10. The first-order valence-electron chi connectivity index (χ1n) is 6.61. The van der Waals surface area contributed by atoms with E-state index in [1.54, 1.807) is 19.1 Å². The van der Waals surface area contributed by atoms with Crippen molar-refractivity contribution < 1.29 is 14.6 Å². The zero-order valence-electron chi connectivity index (χ0n) is 11.6. The van der Waals surface area contributed by atoms with Gasteiger partial charge in [0.05, 0.1) is 19.1 Å². The number of rotatable bonds is 5. The summed E-state index contributed by atoms with van der Waals surface area (Å²) in [6.07, 6.45) is 2.62. The predicted octanol–water partition coefficient (Wildman–Crippen LogP) is 1.82. The van der Waals surface area contributed by atoms with Crippen LogP contribution in [-0.4, -0.2) is 36.7 Å². The molecule has 0 spiro atoms. The van der Waals surface area contributed by atoms with Crippen LogP contribution in [0.1, 0.15) is 24.8 Å². The summed E-state index contributed by atoms with van der Waals surface area (Å²) in [4.78, 5) is 14.1. The zero-order valence-corrected chi connectivity index (χ0v) is 11.6. The van der Waals surface area contributed by atoms with E-state index >= 15 is 0 Å². The van der Waals surface area contributed by atoms with Crippen LogP contribution in [0.5, 0.6) is 5.75 Å². The van der Waals surface area contributed by atoms with E-state index in [-0.39, 0.29) is 12.5 Å². The summed E-state index contributed by atoms with van der Waals surface area (Å²) in [6.45, 7) is 0.492. The quantitative estimate of drug-likeness (QED) is 0.881. The van der Waals surface area contributed by atoms with E-state index in [0.717, 1.165) is 30.6 Å². The average Bonchev–Trinajstić information content (AvgIpc) is 2.38. The third kappa shape index (κ3) is 2.73. The van der Waals surface area contributed by atoms with Crippen LogP contribution in [-0.2, 0) is 11.3 Å². The van der Waals surface area contributed by atoms with Crippen molar-refractivity contribution in [3.8, 4) is 5.75 Å². The molecule has 4 nitrogen and oxygen atoms in total. The Labute approximate surface area is 114 Å². The molecule has 1 amide bonds. The minimum atomic E-state index is -0.520. The molecular weight excluding hydrogens is 242 g/mol. The lowest BCUT2D eigenvalue weighted by molar-refractivity contribution is -0.150. The number of aliphatic hydroxyl groups excluding tert-OH is 1. The molecule has 1 aromatic rings. The van der Waals surface area contributed by atoms with Crippen molar-refractivity contribution in [1.29, 1.82) is 0 Å². The van der Waals surface area contributed by atoms with E-state index in [2.05, 4.69) is 0 Å². The van der Waals surface area contributed by atoms with Gasteiger partial charge in [0.2, 0.25) is 5.91 Å². The molecule has 4 heteroatoms. The molecule has 2 rings (SSSR count). The minimum Gasteiger partial charge on any atom is -0.497 e. The standard InChI is InChI=1S/C15H21NO3/c1-16(14(18)15(11-17)7-4-8-15)10-12-5-3-6-13(9-12)19-2/h3,5-6,9,17H,4,7-8,10-11H2,1-2H3. The van der Waals surface area contributed by atoms with Crippen LogP contribution in [0.25, 0.3) is 0 Å². The molecular formula is C15H21NO3. The first kappa shape index (κ1) is 13.9. The summed E-state index contributed by atoms with van der Waals surface area (Å²) in [7, 11) is 3.42. The van der Waals surface area contributed by atoms with Crippen LogP contribution >= 0.6 is 0 Å². The van der Waals surface area contributed by atoms with Gasteiger partial charge in [-0.1, -0.05) is 18.6 Å². The molecule has 19 heavy (non-hydrogen) atoms. The average molecular weight is 263 g/mol. The van der Waals surface area contributed by atoms with Gasteiger partial charge in [0.1, 0.15) is 5.75 Å². The van der Waals surface area contributed by atoms with Gasteiger partial charge in [-0.15, -0.1) is 0 Å². The molecule has 0 radical (unpaired) electrons. The maximum atomic E-state index is 12.4. The van der Waals surface area contributed by atoms with E-state index in [0.29, 0.717) is 6.54 Å². The molecule has 1 saturated carbocycles. The fourth-order valence-corrected chi connectivity index (χ4v) is 2.56. The normalized spacial score (nSPS) is 16.6. The van der Waals surface area contributed by atoms with Gasteiger partial charge in [-0.3, -0.25) is 4.79 Å². The van der Waals surface area contributed by atoms with Crippen LogP contribution in [0.15, 0.2) is 24.3 Å². The number of carbonyl (C=O) groups excluding carboxylic acids is 1. The largest absolute Gasteiger partial charge is 0.497 e. The minimum absolute atomic E-state index is 0.0454. The second-order valence-corrected chi connectivity index (χ2v) is 5.30. The van der Waals surface area contributed by atoms with Crippen LogP contribution in [0.4, 0.5) is 0 Å². The maximum absolute atomic E-state index is 12.4. The number of carbonyl (C=O) groups is 1. The molecule has 0 unspecified atom stereocenters. The molecule has 104 valence electrons. The molecule has 0 heterocycles. The number of ether oxygens (including phenoxy) is 1. The number of methoxy groups -OCH3 is 1. The molecule has 1 aliphatic carbocycles. The number of benzene rings is 1. The van der Waals surface area contributed by atoms with Gasteiger partial charge in [0.25, 0.3) is 0 Å². The number of hydrogen-bond donors (Lipinski definition) is 1. The third-order valence-electron chi connectivity index (χ3n) is 3.97. The highest BCUT2D eigenvalue weighted by Crippen LogP contribution is 2.42. The molecule has 0 aliphatic heterocycles. The molecule has 0 aromatic heterocycles. The first-order valence-corrected chi connectivity index (χ1v) is 6.61. The summed E-state index contributed by atoms with van der Waals surface area (Å²) in [5.74, 6) is 0.836. The van der Waals surface area contributed by atoms with Gasteiger partial charge < -0.3 is 14.7 Å². The molecule has 0 bridgehead atoms. The monoisotopic (exact) mass is 263 g/mol. The fourth-order valence-electron chi connectivity index (χ4n) is 2.56. The molecule has 0 saturated heterocycles. The lowest BCUT2D eigenvalue weighted by Crippen LogP contribution is -2.48. The second-order valence-electron chi connectivity index (χ2n) is 5.30. The molecule has 1 aliphatic rings. The van der Waals surface area contributed by atoms with E-state index < -0.39 is 5.41 Å². The Morgan fingerprint density at radius 1 is 1.47 bits per heavy atom. The topological polar surface area (TPSA) is 49.8 Å². The number of hydrogen-bond acceptors (Lipinski definition) is 3. The van der Waals surface area contributed by atoms with Gasteiger partial charge in [-0.2, -0.15) is 0 Å². The van der Waals surface area contributed by atoms with Crippen molar-refractivity contribution in [1.82, 2.24) is 4.90 Å². The highest BCUT2D eigenvalue weighted by molar-refractivity contribution is 5.83. The van der Waals surface area contributed by atoms with Crippen molar-refractivity contribution in [2.24, 2.45) is 5.41 Å². The SMILES string of the molecule is COc1cccc(CN(C)C(=O)C2(CO)CCC2)c1. The van der Waals surface area contributed by atoms with Crippen molar-refractivity contribution in [2.45, 2.75) is 25.8 Å². The van der Waals surface area contributed by atoms with E-state index in [4.69, 9.17) is 4.74 Å². The number of amides is 1. The van der Waals surface area contributed by atoms with Crippen LogP contribution in [0, 0.1) is 5.41 Å². The Hall–Kier alpha value is -1.55. The Morgan fingerprint density at radius 2 is 2.21 bits per heavy atom. The van der Waals surface area contributed by atoms with Gasteiger partial charge in [0.15, 0.2) is 0 Å². The van der Waals surface area contributed by atoms with Gasteiger partial charge >= 0.3 is 0 Å². The van der Waals surface area contributed by atoms with Crippen molar-refractivity contribution in [3.05, 3.63) is 29.8 Å². The highest BCUT2D eigenvalue weighted by atomic mass is 16.5. The van der Waals surface area contributed by atoms with Crippen molar-refractivity contribution >= 4 is 5.91 Å². The predicted molar refractivity (Wildman–Crippen MR) is 72.8 cm³/mol. The lowest BCUT2D eigenvalue weighted by Gasteiger charge is -2.41. The van der Waals surface area contributed by atoms with Crippen LogP contribution in [0.2, 0.25) is 0 Å². The smallest absolute Gasteiger partial charge is 0.231 e. The van der Waals surface area contributed by atoms with E-state index in [1.165, 1.54) is 0 Å². The van der Waals surface area contributed by atoms with Crippen molar-refractivity contribution in [3.63, 3.8) is 0 Å². The summed E-state index contributed by atoms with van der Waals surface area (Å²) in [6, 6.07) is 7.69. The Bertz CT molecular complexity index is 449. The molecule has 1 fully saturated rings. The molecule has 1 N–H and O–H groups in total. The van der Waals surface area contributed by atoms with Gasteiger partial charge in [-0.05, 0) is 30.5 Å². The summed E-state index contributed by atoms with van der Waals surface area (Å²) in [5.41, 5.74) is 0.510. The molecule has 1 aromatic carbocycles. The van der Waals surface area contributed by atoms with Gasteiger partial charge in [-0.25, -0.2) is 0 Å². The molecule has 0 atom stereocenters. The third-order valence-corrected chi connectivity index (χ3v) is 3.97. The summed E-state index contributed by atoms with van der Waals surface area (Å²) >= 11 is 0. The Morgan fingerprint density at radius 3 is 2.74 bits per heavy atom. The highest BCUT2D eigenvalue weighted by Gasteiger charge is 2.44. The van der Waals surface area contributed by atoms with Crippen molar-refractivity contribution in [2.75, 3.05) is 20.8 Å². The zero-order chi connectivity index (χ0) is 13.9. The fraction of sp³-hybridized carbons (Fsp3) is 0.533. The van der Waals surface area contributed by atoms with Crippen LogP contribution in [0.3, 0.4) is 0 Å². The summed E-state index contributed by atoms with van der Waals surface area (Å²) in [5, 5.41) is 9.44. The van der Waals surface area contributed by atoms with Gasteiger partial charge in [0, 0.05) is 13.6 Å².